The van der Waals surface area contributed by atoms with Crippen molar-refractivity contribution in [2.45, 2.75) is 39.3 Å². The van der Waals surface area contributed by atoms with Crippen LogP contribution in [0.3, 0.4) is 0 Å². The number of hydrogen-bond donors (Lipinski definition) is 2. The van der Waals surface area contributed by atoms with Crippen molar-refractivity contribution in [3.63, 3.8) is 0 Å². The first-order chi connectivity index (χ1) is 10.0. The lowest BCUT2D eigenvalue weighted by molar-refractivity contribution is -0.137. The van der Waals surface area contributed by atoms with Gasteiger partial charge in [0.15, 0.2) is 0 Å². The fourth-order valence-electron chi connectivity index (χ4n) is 2.48. The third-order valence-electron chi connectivity index (χ3n) is 3.60. The number of carbonyl (C=O) groups is 2. The van der Waals surface area contributed by atoms with Crippen LogP contribution in [0.5, 0.6) is 0 Å². The van der Waals surface area contributed by atoms with E-state index in [1.165, 1.54) is 0 Å². The van der Waals surface area contributed by atoms with Gasteiger partial charge in [0, 0.05) is 17.3 Å². The van der Waals surface area contributed by atoms with Gasteiger partial charge in [-0.05, 0) is 30.9 Å². The number of hydrogen-bond acceptors (Lipinski definition) is 2. The van der Waals surface area contributed by atoms with E-state index in [1.807, 2.05) is 48.7 Å². The zero-order chi connectivity index (χ0) is 15.4. The zero-order valence-electron chi connectivity index (χ0n) is 12.3. The summed E-state index contributed by atoms with van der Waals surface area (Å²) in [6.45, 7) is 4.03. The number of benzene rings is 1. The Balaban J connectivity index is 2.11. The van der Waals surface area contributed by atoms with E-state index >= 15 is 0 Å². The molecule has 112 valence electrons. The molecule has 5 nitrogen and oxygen atoms in total. The van der Waals surface area contributed by atoms with E-state index in [9.17, 15) is 9.59 Å². The van der Waals surface area contributed by atoms with Crippen molar-refractivity contribution in [3.05, 3.63) is 36.0 Å². The molecule has 0 fully saturated rings. The zero-order valence-corrected chi connectivity index (χ0v) is 12.3. The fourth-order valence-corrected chi connectivity index (χ4v) is 2.48. The average Bonchev–Trinajstić information content (AvgIpc) is 2.74. The number of carboxylic acid groups (broad SMARTS) is 1. The maximum atomic E-state index is 12.1. The second kappa shape index (κ2) is 6.43. The SMILES string of the molecule is CCC(CC(=O)O)NC(=O)Cn1c(C)cc2ccccc21. The van der Waals surface area contributed by atoms with Crippen LogP contribution in [-0.2, 0) is 16.1 Å². The van der Waals surface area contributed by atoms with Crippen LogP contribution in [0.2, 0.25) is 0 Å². The molecule has 5 heteroatoms. The normalized spacial score (nSPS) is 12.3. The number of nitrogens with zero attached hydrogens (tertiary/aromatic N) is 1. The summed E-state index contributed by atoms with van der Waals surface area (Å²) in [4.78, 5) is 22.9. The summed E-state index contributed by atoms with van der Waals surface area (Å²) in [6, 6.07) is 9.61. The highest BCUT2D eigenvalue weighted by atomic mass is 16.4. The molecule has 2 aromatic rings. The topological polar surface area (TPSA) is 71.3 Å². The molecular formula is C16H20N2O3. The summed E-state index contributed by atoms with van der Waals surface area (Å²) in [6.07, 6.45) is 0.553. The predicted octanol–water partition coefficient (Wildman–Crippen LogP) is 2.32. The molecule has 0 saturated heterocycles. The van der Waals surface area contributed by atoms with Gasteiger partial charge in [0.2, 0.25) is 5.91 Å². The number of para-hydroxylation sites is 1. The van der Waals surface area contributed by atoms with Gasteiger partial charge < -0.3 is 15.0 Å². The quantitative estimate of drug-likeness (QED) is 0.857. The number of aromatic nitrogens is 1. The molecule has 2 rings (SSSR count). The Bertz CT molecular complexity index is 661. The van der Waals surface area contributed by atoms with Crippen LogP contribution in [0.1, 0.15) is 25.5 Å². The number of carboxylic acids is 1. The average molecular weight is 288 g/mol. The van der Waals surface area contributed by atoms with E-state index in [0.29, 0.717) is 6.42 Å². The number of fused-ring (bicyclic) bond motifs is 1. The number of rotatable bonds is 6. The molecule has 2 N–H and O–H groups in total. The molecule has 0 spiro atoms. The van der Waals surface area contributed by atoms with Crippen molar-refractivity contribution in [1.82, 2.24) is 9.88 Å². The summed E-state index contributed by atoms with van der Waals surface area (Å²) in [7, 11) is 0. The molecule has 0 bridgehead atoms. The summed E-state index contributed by atoms with van der Waals surface area (Å²) in [5, 5.41) is 12.7. The maximum Gasteiger partial charge on any atom is 0.305 e. The Kier molecular flexibility index (Phi) is 4.62. The van der Waals surface area contributed by atoms with Gasteiger partial charge in [-0.3, -0.25) is 9.59 Å². The number of aliphatic carboxylic acids is 1. The van der Waals surface area contributed by atoms with E-state index in [0.717, 1.165) is 16.6 Å². The van der Waals surface area contributed by atoms with Crippen molar-refractivity contribution in [3.8, 4) is 0 Å². The third kappa shape index (κ3) is 3.62. The molecule has 1 amide bonds. The Hall–Kier alpha value is -2.30. The maximum absolute atomic E-state index is 12.1. The van der Waals surface area contributed by atoms with Crippen molar-refractivity contribution in [2.75, 3.05) is 0 Å². The van der Waals surface area contributed by atoms with Crippen molar-refractivity contribution in [1.29, 1.82) is 0 Å². The summed E-state index contributed by atoms with van der Waals surface area (Å²) >= 11 is 0. The monoisotopic (exact) mass is 288 g/mol. The summed E-state index contributed by atoms with van der Waals surface area (Å²) in [5.41, 5.74) is 2.02. The Morgan fingerprint density at radius 1 is 1.33 bits per heavy atom. The molecule has 0 aliphatic heterocycles. The van der Waals surface area contributed by atoms with Gasteiger partial charge in [0.1, 0.15) is 6.54 Å². The molecule has 0 aliphatic rings. The van der Waals surface area contributed by atoms with Crippen LogP contribution in [0.25, 0.3) is 10.9 Å². The Labute approximate surface area is 123 Å². The lowest BCUT2D eigenvalue weighted by Crippen LogP contribution is -2.38. The van der Waals surface area contributed by atoms with Gasteiger partial charge in [-0.15, -0.1) is 0 Å². The smallest absolute Gasteiger partial charge is 0.305 e. The van der Waals surface area contributed by atoms with Gasteiger partial charge in [-0.25, -0.2) is 0 Å². The van der Waals surface area contributed by atoms with Gasteiger partial charge in [-0.2, -0.15) is 0 Å². The largest absolute Gasteiger partial charge is 0.481 e. The molecule has 0 radical (unpaired) electrons. The second-order valence-corrected chi connectivity index (χ2v) is 5.20. The van der Waals surface area contributed by atoms with Gasteiger partial charge >= 0.3 is 5.97 Å². The molecular weight excluding hydrogens is 268 g/mol. The molecule has 1 heterocycles. The standard InChI is InChI=1S/C16H20N2O3/c1-3-13(9-16(20)21)17-15(19)10-18-11(2)8-12-6-4-5-7-14(12)18/h4-8,13H,3,9-10H2,1-2H3,(H,17,19)(H,20,21). The highest BCUT2D eigenvalue weighted by Gasteiger charge is 2.15. The highest BCUT2D eigenvalue weighted by molar-refractivity contribution is 5.84. The molecule has 0 aliphatic carbocycles. The Morgan fingerprint density at radius 2 is 2.05 bits per heavy atom. The van der Waals surface area contributed by atoms with Gasteiger partial charge in [0.05, 0.1) is 6.42 Å². The lowest BCUT2D eigenvalue weighted by atomic mass is 10.1. The van der Waals surface area contributed by atoms with E-state index in [1.54, 1.807) is 0 Å². The molecule has 0 saturated carbocycles. The molecule has 1 aromatic carbocycles. The number of nitrogens with one attached hydrogen (secondary N) is 1. The third-order valence-corrected chi connectivity index (χ3v) is 3.60. The molecule has 21 heavy (non-hydrogen) atoms. The molecule has 1 atom stereocenters. The van der Waals surface area contributed by atoms with E-state index < -0.39 is 5.97 Å². The number of carbonyl (C=O) groups excluding carboxylic acids is 1. The fraction of sp³-hybridized carbons (Fsp3) is 0.375. The predicted molar refractivity (Wildman–Crippen MR) is 81.1 cm³/mol. The lowest BCUT2D eigenvalue weighted by Gasteiger charge is -2.16. The number of amides is 1. The minimum Gasteiger partial charge on any atom is -0.481 e. The summed E-state index contributed by atoms with van der Waals surface area (Å²) in [5.74, 6) is -1.06. The van der Waals surface area contributed by atoms with Crippen LogP contribution in [0, 0.1) is 6.92 Å². The van der Waals surface area contributed by atoms with Crippen LogP contribution in [0.4, 0.5) is 0 Å². The van der Waals surface area contributed by atoms with Gasteiger partial charge in [-0.1, -0.05) is 25.1 Å². The first-order valence-corrected chi connectivity index (χ1v) is 7.07. The minimum atomic E-state index is -0.898. The van der Waals surface area contributed by atoms with Crippen molar-refractivity contribution >= 4 is 22.8 Å². The number of aryl methyl sites for hydroxylation is 1. The van der Waals surface area contributed by atoms with Crippen LogP contribution < -0.4 is 5.32 Å². The first-order valence-electron chi connectivity index (χ1n) is 7.07. The van der Waals surface area contributed by atoms with E-state index in [4.69, 9.17) is 5.11 Å². The van der Waals surface area contributed by atoms with Crippen LogP contribution >= 0.6 is 0 Å². The highest BCUT2D eigenvalue weighted by Crippen LogP contribution is 2.18. The van der Waals surface area contributed by atoms with Crippen molar-refractivity contribution in [2.24, 2.45) is 0 Å². The van der Waals surface area contributed by atoms with E-state index in [-0.39, 0.29) is 24.9 Å². The van der Waals surface area contributed by atoms with E-state index in [2.05, 4.69) is 5.32 Å². The molecule has 1 unspecified atom stereocenters. The minimum absolute atomic E-state index is 0.0480. The first kappa shape index (κ1) is 15.1. The van der Waals surface area contributed by atoms with Gasteiger partial charge in [0.25, 0.3) is 0 Å². The van der Waals surface area contributed by atoms with Crippen LogP contribution in [-0.4, -0.2) is 27.6 Å². The van der Waals surface area contributed by atoms with Crippen LogP contribution in [0.15, 0.2) is 30.3 Å². The van der Waals surface area contributed by atoms with Crippen molar-refractivity contribution < 1.29 is 14.7 Å². The molecule has 1 aromatic heterocycles. The second-order valence-electron chi connectivity index (χ2n) is 5.20. The Morgan fingerprint density at radius 3 is 2.71 bits per heavy atom. The summed E-state index contributed by atoms with van der Waals surface area (Å²) < 4.78 is 1.94.